The van der Waals surface area contributed by atoms with Gasteiger partial charge in [-0.05, 0) is 32.0 Å². The number of amides is 1. The average Bonchev–Trinajstić information content (AvgIpc) is 3.15. The molecule has 2 N–H and O–H groups in total. The average molecular weight is 396 g/mol. The summed E-state index contributed by atoms with van der Waals surface area (Å²) in [7, 11) is -1.51. The highest BCUT2D eigenvalue weighted by molar-refractivity contribution is 7.89. The minimum atomic E-state index is -3.50. The normalized spacial score (nSPS) is 19.9. The van der Waals surface area contributed by atoms with Crippen molar-refractivity contribution in [3.63, 3.8) is 0 Å². The van der Waals surface area contributed by atoms with Crippen LogP contribution in [0.1, 0.15) is 32.1 Å². The summed E-state index contributed by atoms with van der Waals surface area (Å²) in [4.78, 5) is 18.4. The van der Waals surface area contributed by atoms with E-state index in [0.29, 0.717) is 37.9 Å². The second-order valence-electron chi connectivity index (χ2n) is 7.31. The molecule has 0 spiro atoms. The standard InChI is InChI=1S/C18H29N5O3S/c1-22-10-12-23(13-11-22)27(25,26)16-6-7-17(20-14-16)19-9-8-18(24)21-15-4-2-3-5-15/h6-7,14-15H,2-5,8-13H2,1H3,(H,19,20)(H,21,24). The molecule has 1 aliphatic carbocycles. The molecule has 1 saturated carbocycles. The molecule has 1 aromatic rings. The molecule has 9 heteroatoms. The van der Waals surface area contributed by atoms with Crippen molar-refractivity contribution >= 4 is 21.7 Å². The van der Waals surface area contributed by atoms with Gasteiger partial charge in [-0.25, -0.2) is 13.4 Å². The van der Waals surface area contributed by atoms with E-state index in [4.69, 9.17) is 0 Å². The summed E-state index contributed by atoms with van der Waals surface area (Å²) in [6.07, 6.45) is 6.29. The number of nitrogens with zero attached hydrogens (tertiary/aromatic N) is 3. The third kappa shape index (κ3) is 5.40. The number of aromatic nitrogens is 1. The molecule has 27 heavy (non-hydrogen) atoms. The van der Waals surface area contributed by atoms with Crippen LogP contribution in [0.5, 0.6) is 0 Å². The van der Waals surface area contributed by atoms with E-state index in [9.17, 15) is 13.2 Å². The Balaban J connectivity index is 1.47. The molecule has 150 valence electrons. The molecule has 8 nitrogen and oxygen atoms in total. The molecule has 1 aromatic heterocycles. The molecule has 0 radical (unpaired) electrons. The lowest BCUT2D eigenvalue weighted by molar-refractivity contribution is -0.121. The second kappa shape index (κ2) is 8.99. The minimum Gasteiger partial charge on any atom is -0.370 e. The van der Waals surface area contributed by atoms with Gasteiger partial charge in [-0.2, -0.15) is 4.31 Å². The van der Waals surface area contributed by atoms with E-state index >= 15 is 0 Å². The van der Waals surface area contributed by atoms with Crippen LogP contribution in [0.25, 0.3) is 0 Å². The van der Waals surface area contributed by atoms with Crippen LogP contribution in [0.2, 0.25) is 0 Å². The lowest BCUT2D eigenvalue weighted by atomic mass is 10.2. The smallest absolute Gasteiger partial charge is 0.244 e. The molecular weight excluding hydrogens is 366 g/mol. The topological polar surface area (TPSA) is 94.6 Å². The van der Waals surface area contributed by atoms with Crippen LogP contribution < -0.4 is 10.6 Å². The summed E-state index contributed by atoms with van der Waals surface area (Å²) >= 11 is 0. The minimum absolute atomic E-state index is 0.0451. The molecule has 0 aromatic carbocycles. The summed E-state index contributed by atoms with van der Waals surface area (Å²) in [5.74, 6) is 0.615. The van der Waals surface area contributed by atoms with Crippen molar-refractivity contribution in [3.8, 4) is 0 Å². The molecule has 0 unspecified atom stereocenters. The quantitative estimate of drug-likeness (QED) is 0.712. The van der Waals surface area contributed by atoms with Crippen molar-refractivity contribution in [3.05, 3.63) is 18.3 Å². The monoisotopic (exact) mass is 395 g/mol. The fourth-order valence-electron chi connectivity index (χ4n) is 3.49. The van der Waals surface area contributed by atoms with Crippen LogP contribution in [0, 0.1) is 0 Å². The number of carbonyl (C=O) groups is 1. The fourth-order valence-corrected chi connectivity index (χ4v) is 4.86. The number of carbonyl (C=O) groups excluding carboxylic acids is 1. The van der Waals surface area contributed by atoms with Crippen LogP contribution in [-0.4, -0.2) is 74.3 Å². The number of sulfonamides is 1. The Kier molecular flexibility index (Phi) is 6.67. The number of piperazine rings is 1. The first-order valence-corrected chi connectivity index (χ1v) is 11.1. The molecule has 0 bridgehead atoms. The highest BCUT2D eigenvalue weighted by atomic mass is 32.2. The maximum absolute atomic E-state index is 12.7. The summed E-state index contributed by atoms with van der Waals surface area (Å²) in [5.41, 5.74) is 0. The van der Waals surface area contributed by atoms with E-state index in [1.807, 2.05) is 7.05 Å². The predicted molar refractivity (Wildman–Crippen MR) is 104 cm³/mol. The molecule has 1 saturated heterocycles. The Bertz CT molecular complexity index is 724. The number of rotatable bonds is 7. The first kappa shape index (κ1) is 20.0. The number of nitrogens with one attached hydrogen (secondary N) is 2. The lowest BCUT2D eigenvalue weighted by Gasteiger charge is -2.31. The highest BCUT2D eigenvalue weighted by Crippen LogP contribution is 2.19. The first-order valence-electron chi connectivity index (χ1n) is 9.63. The van der Waals surface area contributed by atoms with Gasteiger partial charge in [-0.1, -0.05) is 12.8 Å². The molecule has 1 amide bonds. The van der Waals surface area contributed by atoms with Crippen LogP contribution in [0.15, 0.2) is 23.2 Å². The van der Waals surface area contributed by atoms with E-state index in [1.165, 1.54) is 23.3 Å². The van der Waals surface area contributed by atoms with Crippen molar-refractivity contribution in [1.82, 2.24) is 19.5 Å². The zero-order valence-electron chi connectivity index (χ0n) is 15.9. The van der Waals surface area contributed by atoms with E-state index < -0.39 is 10.0 Å². The third-order valence-corrected chi connectivity index (χ3v) is 7.10. The van der Waals surface area contributed by atoms with Gasteiger partial charge in [0.05, 0.1) is 0 Å². The third-order valence-electron chi connectivity index (χ3n) is 5.21. The van der Waals surface area contributed by atoms with Crippen molar-refractivity contribution in [2.75, 3.05) is 45.1 Å². The lowest BCUT2D eigenvalue weighted by Crippen LogP contribution is -2.47. The summed E-state index contributed by atoms with van der Waals surface area (Å²) < 4.78 is 26.8. The maximum atomic E-state index is 12.7. The Morgan fingerprint density at radius 1 is 1.19 bits per heavy atom. The van der Waals surface area contributed by atoms with Gasteiger partial charge in [0.2, 0.25) is 15.9 Å². The molecule has 3 rings (SSSR count). The molecule has 1 aliphatic heterocycles. The summed E-state index contributed by atoms with van der Waals surface area (Å²) in [5, 5.41) is 6.12. The molecule has 0 atom stereocenters. The van der Waals surface area contributed by atoms with Gasteiger partial charge in [0.15, 0.2) is 0 Å². The first-order chi connectivity index (χ1) is 12.9. The van der Waals surface area contributed by atoms with Gasteiger partial charge in [-0.15, -0.1) is 0 Å². The van der Waals surface area contributed by atoms with E-state index in [1.54, 1.807) is 12.1 Å². The van der Waals surface area contributed by atoms with Crippen LogP contribution in [0.3, 0.4) is 0 Å². The summed E-state index contributed by atoms with van der Waals surface area (Å²) in [6.45, 7) is 2.92. The molecule has 2 aliphatic rings. The Morgan fingerprint density at radius 2 is 1.89 bits per heavy atom. The Morgan fingerprint density at radius 3 is 2.52 bits per heavy atom. The van der Waals surface area contributed by atoms with Gasteiger partial charge in [0, 0.05) is 51.4 Å². The molecule has 2 heterocycles. The number of hydrogen-bond acceptors (Lipinski definition) is 6. The highest BCUT2D eigenvalue weighted by Gasteiger charge is 2.27. The zero-order chi connectivity index (χ0) is 19.3. The van der Waals surface area contributed by atoms with Gasteiger partial charge in [0.25, 0.3) is 0 Å². The molecule has 2 fully saturated rings. The number of pyridine rings is 1. The Hall–Kier alpha value is -1.71. The van der Waals surface area contributed by atoms with Crippen molar-refractivity contribution < 1.29 is 13.2 Å². The summed E-state index contributed by atoms with van der Waals surface area (Å²) in [6, 6.07) is 3.55. The number of hydrogen-bond donors (Lipinski definition) is 2. The Labute approximate surface area is 161 Å². The largest absolute Gasteiger partial charge is 0.370 e. The van der Waals surface area contributed by atoms with Crippen LogP contribution >= 0.6 is 0 Å². The van der Waals surface area contributed by atoms with Gasteiger partial charge < -0.3 is 15.5 Å². The predicted octanol–water partition coefficient (Wildman–Crippen LogP) is 0.879. The number of likely N-dealkylation sites (N-methyl/N-ethyl adjacent to an activating group) is 1. The zero-order valence-corrected chi connectivity index (χ0v) is 16.7. The van der Waals surface area contributed by atoms with Crippen molar-refractivity contribution in [2.24, 2.45) is 0 Å². The van der Waals surface area contributed by atoms with Crippen LogP contribution in [0.4, 0.5) is 5.82 Å². The van der Waals surface area contributed by atoms with Gasteiger partial charge in [0.1, 0.15) is 10.7 Å². The van der Waals surface area contributed by atoms with E-state index in [0.717, 1.165) is 25.9 Å². The van der Waals surface area contributed by atoms with Gasteiger partial charge >= 0.3 is 0 Å². The van der Waals surface area contributed by atoms with E-state index in [2.05, 4.69) is 20.5 Å². The van der Waals surface area contributed by atoms with Crippen molar-refractivity contribution in [2.45, 2.75) is 43.0 Å². The second-order valence-corrected chi connectivity index (χ2v) is 9.25. The molecular formula is C18H29N5O3S. The van der Waals surface area contributed by atoms with E-state index in [-0.39, 0.29) is 10.8 Å². The SMILES string of the molecule is CN1CCN(S(=O)(=O)c2ccc(NCCC(=O)NC3CCCC3)nc2)CC1. The fraction of sp³-hybridized carbons (Fsp3) is 0.667. The van der Waals surface area contributed by atoms with Crippen molar-refractivity contribution in [1.29, 1.82) is 0 Å². The van der Waals surface area contributed by atoms with Crippen LogP contribution in [-0.2, 0) is 14.8 Å². The maximum Gasteiger partial charge on any atom is 0.244 e. The number of anilines is 1. The van der Waals surface area contributed by atoms with Gasteiger partial charge in [-0.3, -0.25) is 4.79 Å².